The molecule has 8 heteroatoms. The summed E-state index contributed by atoms with van der Waals surface area (Å²) in [5.74, 6) is -0.0341. The first-order valence-corrected chi connectivity index (χ1v) is 5.72. The first kappa shape index (κ1) is 13.3. The lowest BCUT2D eigenvalue weighted by molar-refractivity contribution is -0.134. The number of β-amino-alcohol motifs (C(OH)–C–C–N with tert-alkyl or cyclic N) is 1. The fraction of sp³-hybridized carbons (Fsp3) is 0.800. The van der Waals surface area contributed by atoms with Crippen LogP contribution in [0.1, 0.15) is 31.0 Å². The van der Waals surface area contributed by atoms with Gasteiger partial charge in [-0.1, -0.05) is 5.16 Å². The molecule has 5 nitrogen and oxygen atoms in total. The monoisotopic (exact) mass is 265 g/mol. The third kappa shape index (κ3) is 3.20. The van der Waals surface area contributed by atoms with Gasteiger partial charge < -0.3 is 14.9 Å². The molecular formula is C10H14F3N3O2. The van der Waals surface area contributed by atoms with E-state index in [9.17, 15) is 18.3 Å². The number of alkyl halides is 3. The van der Waals surface area contributed by atoms with Crippen molar-refractivity contribution >= 4 is 0 Å². The summed E-state index contributed by atoms with van der Waals surface area (Å²) in [6, 6.07) is 0. The molecule has 18 heavy (non-hydrogen) atoms. The molecule has 0 amide bonds. The van der Waals surface area contributed by atoms with Crippen LogP contribution < -0.4 is 5.32 Å². The van der Waals surface area contributed by atoms with Crippen molar-refractivity contribution in [3.05, 3.63) is 11.7 Å². The van der Waals surface area contributed by atoms with Crippen LogP contribution in [0.3, 0.4) is 0 Å². The van der Waals surface area contributed by atoms with E-state index in [4.69, 9.17) is 4.52 Å². The van der Waals surface area contributed by atoms with Crippen molar-refractivity contribution < 1.29 is 22.8 Å². The molecule has 2 rings (SSSR count). The molecule has 1 aliphatic heterocycles. The van der Waals surface area contributed by atoms with Gasteiger partial charge in [0.25, 0.3) is 5.89 Å². The predicted molar refractivity (Wildman–Crippen MR) is 54.7 cm³/mol. The number of halogens is 3. The maximum Gasteiger partial charge on any atom is 0.389 e. The van der Waals surface area contributed by atoms with Crippen molar-refractivity contribution in [2.24, 2.45) is 0 Å². The van der Waals surface area contributed by atoms with Crippen molar-refractivity contribution in [3.63, 3.8) is 0 Å². The van der Waals surface area contributed by atoms with Crippen molar-refractivity contribution in [2.75, 3.05) is 13.1 Å². The van der Waals surface area contributed by atoms with Crippen molar-refractivity contribution in [2.45, 2.75) is 37.5 Å². The van der Waals surface area contributed by atoms with Gasteiger partial charge in [-0.25, -0.2) is 0 Å². The number of aliphatic hydroxyl groups is 1. The van der Waals surface area contributed by atoms with E-state index < -0.39 is 18.2 Å². The molecule has 0 aromatic carbocycles. The molecule has 0 radical (unpaired) electrons. The van der Waals surface area contributed by atoms with Crippen molar-refractivity contribution in [1.29, 1.82) is 0 Å². The van der Waals surface area contributed by atoms with Crippen molar-refractivity contribution in [1.82, 2.24) is 15.5 Å². The molecule has 1 aliphatic rings. The van der Waals surface area contributed by atoms with Gasteiger partial charge in [-0.05, 0) is 19.4 Å². The first-order chi connectivity index (χ1) is 8.39. The second-order valence-electron chi connectivity index (χ2n) is 4.44. The first-order valence-electron chi connectivity index (χ1n) is 5.72. The largest absolute Gasteiger partial charge is 0.389 e. The zero-order valence-corrected chi connectivity index (χ0v) is 9.63. The Balaban J connectivity index is 2.01. The maximum absolute atomic E-state index is 12.0. The number of nitrogens with zero attached hydrogens (tertiary/aromatic N) is 2. The van der Waals surface area contributed by atoms with E-state index in [1.807, 2.05) is 0 Å². The maximum atomic E-state index is 12.0. The molecule has 2 N–H and O–H groups in total. The Morgan fingerprint density at radius 1 is 1.44 bits per heavy atom. The summed E-state index contributed by atoms with van der Waals surface area (Å²) in [4.78, 5) is 3.84. The summed E-state index contributed by atoms with van der Waals surface area (Å²) in [6.07, 6.45) is -4.37. The zero-order chi connectivity index (χ0) is 13.2. The van der Waals surface area contributed by atoms with Gasteiger partial charge in [0, 0.05) is 13.0 Å². The van der Waals surface area contributed by atoms with Crippen LogP contribution >= 0.6 is 0 Å². The lowest BCUT2D eigenvalue weighted by Crippen LogP contribution is -2.43. The van der Waals surface area contributed by atoms with E-state index in [1.54, 1.807) is 0 Å². The summed E-state index contributed by atoms with van der Waals surface area (Å²) < 4.78 is 41.0. The molecule has 0 spiro atoms. The molecule has 0 aliphatic carbocycles. The number of nitrogens with one attached hydrogen (secondary N) is 1. The minimum atomic E-state index is -4.25. The van der Waals surface area contributed by atoms with E-state index in [2.05, 4.69) is 15.5 Å². The van der Waals surface area contributed by atoms with Crippen LogP contribution in [-0.4, -0.2) is 34.5 Å². The quantitative estimate of drug-likeness (QED) is 0.857. The Morgan fingerprint density at radius 3 is 2.83 bits per heavy atom. The fourth-order valence-electron chi connectivity index (χ4n) is 1.87. The lowest BCUT2D eigenvalue weighted by Gasteiger charge is -2.28. The molecule has 2 heterocycles. The standard InChI is InChI=1S/C10H14F3N3O2/c11-10(12,13)4-2-7-15-8(18-16-7)9(17)3-1-5-14-6-9/h14,17H,1-6H2. The van der Waals surface area contributed by atoms with Gasteiger partial charge in [-0.3, -0.25) is 0 Å². The van der Waals surface area contributed by atoms with Crippen LogP contribution in [0.25, 0.3) is 0 Å². The number of aromatic nitrogens is 2. The molecule has 0 saturated carbocycles. The minimum Gasteiger partial charge on any atom is -0.379 e. The van der Waals surface area contributed by atoms with E-state index in [0.717, 1.165) is 13.0 Å². The van der Waals surface area contributed by atoms with Gasteiger partial charge >= 0.3 is 6.18 Å². The molecular weight excluding hydrogens is 251 g/mol. The highest BCUT2D eigenvalue weighted by atomic mass is 19.4. The summed E-state index contributed by atoms with van der Waals surface area (Å²) >= 11 is 0. The highest BCUT2D eigenvalue weighted by molar-refractivity contribution is 5.02. The van der Waals surface area contributed by atoms with Gasteiger partial charge in [0.2, 0.25) is 0 Å². The normalized spacial score (nSPS) is 25.3. The third-order valence-electron chi connectivity index (χ3n) is 2.86. The van der Waals surface area contributed by atoms with Crippen LogP contribution in [0.15, 0.2) is 4.52 Å². The van der Waals surface area contributed by atoms with Crippen LogP contribution in [0.4, 0.5) is 13.2 Å². The Morgan fingerprint density at radius 2 is 2.22 bits per heavy atom. The average Bonchev–Trinajstić information content (AvgIpc) is 2.76. The molecule has 1 unspecified atom stereocenters. The number of hydrogen-bond donors (Lipinski definition) is 2. The highest BCUT2D eigenvalue weighted by Crippen LogP contribution is 2.27. The molecule has 1 aromatic heterocycles. The van der Waals surface area contributed by atoms with Crippen LogP contribution in [0.2, 0.25) is 0 Å². The van der Waals surface area contributed by atoms with E-state index in [-0.39, 0.29) is 24.7 Å². The Hall–Kier alpha value is -1.15. The molecule has 1 aromatic rings. The summed E-state index contributed by atoms with van der Waals surface area (Å²) in [5, 5.41) is 16.7. The summed E-state index contributed by atoms with van der Waals surface area (Å²) in [7, 11) is 0. The molecule has 1 fully saturated rings. The van der Waals surface area contributed by atoms with Gasteiger partial charge in [0.05, 0.1) is 6.42 Å². The fourth-order valence-corrected chi connectivity index (χ4v) is 1.87. The van der Waals surface area contributed by atoms with Gasteiger partial charge in [0.15, 0.2) is 11.4 Å². The summed E-state index contributed by atoms with van der Waals surface area (Å²) in [5.41, 5.74) is -1.26. The molecule has 1 saturated heterocycles. The topological polar surface area (TPSA) is 71.2 Å². The lowest BCUT2D eigenvalue weighted by atomic mass is 9.94. The number of piperidine rings is 1. The number of hydrogen-bond acceptors (Lipinski definition) is 5. The Bertz CT molecular complexity index is 399. The van der Waals surface area contributed by atoms with Gasteiger partial charge in [-0.2, -0.15) is 18.2 Å². The smallest absolute Gasteiger partial charge is 0.379 e. The van der Waals surface area contributed by atoms with Crippen LogP contribution in [-0.2, 0) is 12.0 Å². The SMILES string of the molecule is OC1(c2nc(CCC(F)(F)F)no2)CCCNC1. The van der Waals surface area contributed by atoms with E-state index >= 15 is 0 Å². The Kier molecular flexibility index (Phi) is 3.58. The summed E-state index contributed by atoms with van der Waals surface area (Å²) in [6.45, 7) is 1.06. The zero-order valence-electron chi connectivity index (χ0n) is 9.63. The van der Waals surface area contributed by atoms with Gasteiger partial charge in [0.1, 0.15) is 0 Å². The number of aryl methyl sites for hydroxylation is 1. The average molecular weight is 265 g/mol. The minimum absolute atomic E-state index is 0.00752. The predicted octanol–water partition coefficient (Wildman–Crippen LogP) is 1.14. The third-order valence-corrected chi connectivity index (χ3v) is 2.86. The van der Waals surface area contributed by atoms with Gasteiger partial charge in [-0.15, -0.1) is 0 Å². The Labute approximate surface area is 101 Å². The van der Waals surface area contributed by atoms with Crippen molar-refractivity contribution in [3.8, 4) is 0 Å². The second kappa shape index (κ2) is 4.85. The van der Waals surface area contributed by atoms with Crippen LogP contribution in [0, 0.1) is 0 Å². The highest BCUT2D eigenvalue weighted by Gasteiger charge is 2.37. The second-order valence-corrected chi connectivity index (χ2v) is 4.44. The van der Waals surface area contributed by atoms with E-state index in [0.29, 0.717) is 6.42 Å². The molecule has 1 atom stereocenters. The molecule has 0 bridgehead atoms. The van der Waals surface area contributed by atoms with Crippen LogP contribution in [0.5, 0.6) is 0 Å². The molecule has 102 valence electrons. The number of rotatable bonds is 3. The van der Waals surface area contributed by atoms with E-state index in [1.165, 1.54) is 0 Å².